The lowest BCUT2D eigenvalue weighted by Crippen LogP contribution is -2.44. The maximum Gasteiger partial charge on any atom is 0.221 e. The van der Waals surface area contributed by atoms with Gasteiger partial charge >= 0.3 is 0 Å². The Hall–Kier alpha value is -0.690. The molecule has 0 aromatic heterocycles. The fourth-order valence-corrected chi connectivity index (χ4v) is 2.14. The monoisotopic (exact) mass is 366 g/mol. The normalized spacial score (nSPS) is 18.2. The number of carbonyl (C=O) groups is 1. The van der Waals surface area contributed by atoms with Crippen LogP contribution in [-0.2, 0) is 16.1 Å². The van der Waals surface area contributed by atoms with E-state index in [4.69, 9.17) is 4.74 Å². The van der Waals surface area contributed by atoms with Gasteiger partial charge in [-0.25, -0.2) is 4.39 Å². The molecule has 1 fully saturated rings. The Balaban J connectivity index is 0.00000200. The van der Waals surface area contributed by atoms with Gasteiger partial charge in [0, 0.05) is 25.6 Å². The number of rotatable bonds is 4. The summed E-state index contributed by atoms with van der Waals surface area (Å²) in [6, 6.07) is 4.88. The van der Waals surface area contributed by atoms with Gasteiger partial charge in [-0.05, 0) is 33.6 Å². The second-order valence-corrected chi connectivity index (χ2v) is 5.31. The highest BCUT2D eigenvalue weighted by molar-refractivity contribution is 9.10. The second kappa shape index (κ2) is 8.56. The van der Waals surface area contributed by atoms with E-state index in [0.29, 0.717) is 30.7 Å². The smallest absolute Gasteiger partial charge is 0.221 e. The Bertz CT molecular complexity index is 456. The molecule has 1 aliphatic rings. The van der Waals surface area contributed by atoms with E-state index in [1.807, 2.05) is 0 Å². The average Bonchev–Trinajstić information content (AvgIpc) is 2.41. The van der Waals surface area contributed by atoms with E-state index in [1.54, 1.807) is 12.1 Å². The standard InChI is InChI=1S/C13H16BrFN2O2.ClH/c14-11-2-1-9(5-12(11)15)7-17-13(18)6-10-8-19-4-3-16-10;/h1-2,5,10,16H,3-4,6-8H2,(H,17,18);1H. The largest absolute Gasteiger partial charge is 0.378 e. The summed E-state index contributed by atoms with van der Waals surface area (Å²) in [5.41, 5.74) is 0.738. The molecule has 4 nitrogen and oxygen atoms in total. The summed E-state index contributed by atoms with van der Waals surface area (Å²) < 4.78 is 19.0. The molecule has 1 amide bonds. The Morgan fingerprint density at radius 1 is 1.55 bits per heavy atom. The summed E-state index contributed by atoms with van der Waals surface area (Å²) in [5, 5.41) is 5.99. The lowest BCUT2D eigenvalue weighted by atomic mass is 10.1. The molecule has 1 aliphatic heterocycles. The van der Waals surface area contributed by atoms with Crippen molar-refractivity contribution in [3.05, 3.63) is 34.1 Å². The molecule has 112 valence electrons. The number of halogens is 3. The van der Waals surface area contributed by atoms with Crippen LogP contribution in [0.4, 0.5) is 4.39 Å². The first-order chi connectivity index (χ1) is 9.15. The highest BCUT2D eigenvalue weighted by Gasteiger charge is 2.16. The van der Waals surface area contributed by atoms with E-state index in [0.717, 1.165) is 12.1 Å². The molecule has 1 unspecified atom stereocenters. The van der Waals surface area contributed by atoms with E-state index < -0.39 is 0 Å². The van der Waals surface area contributed by atoms with Crippen LogP contribution in [0.1, 0.15) is 12.0 Å². The molecular formula is C13H17BrClFN2O2. The highest BCUT2D eigenvalue weighted by Crippen LogP contribution is 2.16. The Kier molecular flexibility index (Phi) is 7.43. The fraction of sp³-hybridized carbons (Fsp3) is 0.462. The second-order valence-electron chi connectivity index (χ2n) is 4.46. The maximum atomic E-state index is 13.3. The third-order valence-electron chi connectivity index (χ3n) is 2.90. The van der Waals surface area contributed by atoms with E-state index in [1.165, 1.54) is 6.07 Å². The van der Waals surface area contributed by atoms with Crippen molar-refractivity contribution in [2.24, 2.45) is 0 Å². The zero-order valence-electron chi connectivity index (χ0n) is 10.8. The van der Waals surface area contributed by atoms with Crippen molar-refractivity contribution >= 4 is 34.2 Å². The van der Waals surface area contributed by atoms with Crippen molar-refractivity contribution in [3.63, 3.8) is 0 Å². The molecule has 1 heterocycles. The van der Waals surface area contributed by atoms with Crippen LogP contribution >= 0.6 is 28.3 Å². The molecule has 2 N–H and O–H groups in total. The summed E-state index contributed by atoms with van der Waals surface area (Å²) in [7, 11) is 0. The van der Waals surface area contributed by atoms with E-state index in [-0.39, 0.29) is 30.2 Å². The van der Waals surface area contributed by atoms with Gasteiger partial charge in [0.15, 0.2) is 0 Å². The van der Waals surface area contributed by atoms with Crippen LogP contribution in [0.5, 0.6) is 0 Å². The summed E-state index contributed by atoms with van der Waals surface area (Å²) in [6.45, 7) is 2.35. The van der Waals surface area contributed by atoms with Gasteiger partial charge in [-0.2, -0.15) is 0 Å². The molecule has 20 heavy (non-hydrogen) atoms. The summed E-state index contributed by atoms with van der Waals surface area (Å²) in [6.07, 6.45) is 0.374. The minimum atomic E-state index is -0.325. The molecule has 0 bridgehead atoms. The first kappa shape index (κ1) is 17.4. The quantitative estimate of drug-likeness (QED) is 0.856. The van der Waals surface area contributed by atoms with Crippen molar-refractivity contribution in [2.75, 3.05) is 19.8 Å². The SMILES string of the molecule is Cl.O=C(CC1COCCN1)NCc1ccc(Br)c(F)c1. The summed E-state index contributed by atoms with van der Waals surface area (Å²) >= 11 is 3.09. The molecule has 0 aliphatic carbocycles. The molecule has 7 heteroatoms. The van der Waals surface area contributed by atoms with Crippen molar-refractivity contribution in [2.45, 2.75) is 19.0 Å². The van der Waals surface area contributed by atoms with E-state index in [9.17, 15) is 9.18 Å². The van der Waals surface area contributed by atoms with Gasteiger partial charge in [0.2, 0.25) is 5.91 Å². The number of amides is 1. The van der Waals surface area contributed by atoms with Crippen LogP contribution in [0.15, 0.2) is 22.7 Å². The predicted octanol–water partition coefficient (Wildman–Crippen LogP) is 2.00. The van der Waals surface area contributed by atoms with Crippen LogP contribution in [-0.4, -0.2) is 31.7 Å². The zero-order valence-corrected chi connectivity index (χ0v) is 13.2. The van der Waals surface area contributed by atoms with Crippen LogP contribution in [0.2, 0.25) is 0 Å². The van der Waals surface area contributed by atoms with Crippen molar-refractivity contribution in [3.8, 4) is 0 Å². The lowest BCUT2D eigenvalue weighted by molar-refractivity contribution is -0.122. The molecule has 0 spiro atoms. The van der Waals surface area contributed by atoms with Gasteiger partial charge in [-0.1, -0.05) is 6.07 Å². The van der Waals surface area contributed by atoms with Crippen molar-refractivity contribution < 1.29 is 13.9 Å². The molecule has 1 atom stereocenters. The van der Waals surface area contributed by atoms with E-state index in [2.05, 4.69) is 26.6 Å². The number of hydrogen-bond donors (Lipinski definition) is 2. The van der Waals surface area contributed by atoms with Gasteiger partial charge in [-0.15, -0.1) is 12.4 Å². The molecule has 1 saturated heterocycles. The summed E-state index contributed by atoms with van der Waals surface area (Å²) in [5.74, 6) is -0.388. The Morgan fingerprint density at radius 2 is 2.35 bits per heavy atom. The molecule has 0 saturated carbocycles. The number of nitrogens with one attached hydrogen (secondary N) is 2. The van der Waals surface area contributed by atoms with Gasteiger partial charge in [0.05, 0.1) is 17.7 Å². The lowest BCUT2D eigenvalue weighted by Gasteiger charge is -2.23. The van der Waals surface area contributed by atoms with Crippen molar-refractivity contribution in [1.29, 1.82) is 0 Å². The number of morpholine rings is 1. The summed E-state index contributed by atoms with van der Waals surface area (Å²) in [4.78, 5) is 11.7. The number of hydrogen-bond acceptors (Lipinski definition) is 3. The molecule has 1 aromatic rings. The Morgan fingerprint density at radius 3 is 3.00 bits per heavy atom. The minimum Gasteiger partial charge on any atom is -0.378 e. The molecule has 1 aromatic carbocycles. The fourth-order valence-electron chi connectivity index (χ4n) is 1.90. The third kappa shape index (κ3) is 5.36. The average molecular weight is 368 g/mol. The zero-order chi connectivity index (χ0) is 13.7. The predicted molar refractivity (Wildman–Crippen MR) is 80.4 cm³/mol. The van der Waals surface area contributed by atoms with Crippen LogP contribution in [0, 0.1) is 5.82 Å². The molecule has 0 radical (unpaired) electrons. The van der Waals surface area contributed by atoms with Crippen molar-refractivity contribution in [1.82, 2.24) is 10.6 Å². The minimum absolute atomic E-state index is 0. The first-order valence-corrected chi connectivity index (χ1v) is 6.96. The van der Waals surface area contributed by atoms with Gasteiger partial charge in [-0.3, -0.25) is 4.79 Å². The molecular weight excluding hydrogens is 351 g/mol. The number of carbonyl (C=O) groups excluding carboxylic acids is 1. The van der Waals surface area contributed by atoms with Crippen LogP contribution < -0.4 is 10.6 Å². The highest BCUT2D eigenvalue weighted by atomic mass is 79.9. The maximum absolute atomic E-state index is 13.3. The van der Waals surface area contributed by atoms with Gasteiger partial charge in [0.25, 0.3) is 0 Å². The van der Waals surface area contributed by atoms with Crippen LogP contribution in [0.25, 0.3) is 0 Å². The Labute approximate surface area is 132 Å². The van der Waals surface area contributed by atoms with Gasteiger partial charge in [0.1, 0.15) is 5.82 Å². The number of ether oxygens (including phenoxy) is 1. The number of benzene rings is 1. The van der Waals surface area contributed by atoms with E-state index >= 15 is 0 Å². The third-order valence-corrected chi connectivity index (χ3v) is 3.55. The van der Waals surface area contributed by atoms with Crippen LogP contribution in [0.3, 0.4) is 0 Å². The molecule has 2 rings (SSSR count). The topological polar surface area (TPSA) is 50.4 Å². The first-order valence-electron chi connectivity index (χ1n) is 6.17. The van der Waals surface area contributed by atoms with Gasteiger partial charge < -0.3 is 15.4 Å².